The Morgan fingerprint density at radius 1 is 1.19 bits per heavy atom. The highest BCUT2D eigenvalue weighted by Crippen LogP contribution is 2.23. The maximum atomic E-state index is 12.7. The summed E-state index contributed by atoms with van der Waals surface area (Å²) in [6.45, 7) is 4.44. The molecule has 5 heteroatoms. The van der Waals surface area contributed by atoms with Gasteiger partial charge >= 0.3 is 0 Å². The molecule has 1 aromatic heterocycles. The second-order valence-electron chi connectivity index (χ2n) is 6.65. The summed E-state index contributed by atoms with van der Waals surface area (Å²) >= 11 is 0. The molecule has 0 bridgehead atoms. The van der Waals surface area contributed by atoms with Gasteiger partial charge in [-0.25, -0.2) is 10.4 Å². The van der Waals surface area contributed by atoms with Crippen LogP contribution in [-0.2, 0) is 19.4 Å². The molecule has 1 aliphatic rings. The molecule has 132 valence electrons. The lowest BCUT2D eigenvalue weighted by Gasteiger charge is -2.11. The van der Waals surface area contributed by atoms with Crippen LogP contribution in [-0.4, -0.2) is 15.3 Å². The van der Waals surface area contributed by atoms with E-state index in [1.54, 1.807) is 10.6 Å². The molecule has 2 aromatic carbocycles. The third-order valence-electron chi connectivity index (χ3n) is 5.02. The second-order valence-corrected chi connectivity index (χ2v) is 6.65. The fourth-order valence-electron chi connectivity index (χ4n) is 3.54. The molecular weight excluding hydrogens is 324 g/mol. The molecule has 0 amide bonds. The number of anilines is 1. The lowest BCUT2D eigenvalue weighted by Crippen LogP contribution is -2.23. The molecule has 0 aliphatic heterocycles. The van der Waals surface area contributed by atoms with Gasteiger partial charge in [0, 0.05) is 6.54 Å². The quantitative estimate of drug-likeness (QED) is 0.578. The highest BCUT2D eigenvalue weighted by molar-refractivity contribution is 5.99. The molecule has 0 spiro atoms. The summed E-state index contributed by atoms with van der Waals surface area (Å²) < 4.78 is 1.61. The van der Waals surface area contributed by atoms with Crippen LogP contribution in [0.2, 0.25) is 0 Å². The van der Waals surface area contributed by atoms with Crippen LogP contribution in [0.15, 0.2) is 52.4 Å². The number of nitrogens with one attached hydrogen (secondary N) is 1. The average Bonchev–Trinajstić information content (AvgIpc) is 3.14. The highest BCUT2D eigenvalue weighted by Gasteiger charge is 2.12. The Bertz CT molecular complexity index is 1070. The van der Waals surface area contributed by atoms with Crippen molar-refractivity contribution in [3.8, 4) is 0 Å². The first-order valence-electron chi connectivity index (χ1n) is 9.09. The van der Waals surface area contributed by atoms with Gasteiger partial charge in [0.1, 0.15) is 0 Å². The Hall–Kier alpha value is -2.95. The highest BCUT2D eigenvalue weighted by atomic mass is 16.1. The number of benzene rings is 2. The van der Waals surface area contributed by atoms with E-state index >= 15 is 0 Å². The van der Waals surface area contributed by atoms with Crippen LogP contribution in [0.5, 0.6) is 0 Å². The predicted octanol–water partition coefficient (Wildman–Crippen LogP) is 3.74. The number of para-hydroxylation sites is 1. The van der Waals surface area contributed by atoms with Gasteiger partial charge in [-0.2, -0.15) is 5.10 Å². The second kappa shape index (κ2) is 6.75. The van der Waals surface area contributed by atoms with Gasteiger partial charge in [-0.3, -0.25) is 9.36 Å². The molecular formula is C21H22N4O. The minimum atomic E-state index is -0.0500. The summed E-state index contributed by atoms with van der Waals surface area (Å²) in [6.07, 6.45) is 3.55. The largest absolute Gasteiger partial charge is 0.277 e. The summed E-state index contributed by atoms with van der Waals surface area (Å²) in [5.74, 6) is 0.469. The topological polar surface area (TPSA) is 59.3 Å². The number of aryl methyl sites for hydroxylation is 2. The van der Waals surface area contributed by atoms with E-state index in [1.807, 2.05) is 32.0 Å². The predicted molar refractivity (Wildman–Crippen MR) is 106 cm³/mol. The number of fused-ring (bicyclic) bond motifs is 2. The Kier molecular flexibility index (Phi) is 4.29. The maximum Gasteiger partial charge on any atom is 0.262 e. The summed E-state index contributed by atoms with van der Waals surface area (Å²) in [5.41, 5.74) is 8.48. The molecule has 3 aromatic rings. The summed E-state index contributed by atoms with van der Waals surface area (Å²) in [7, 11) is 0. The van der Waals surface area contributed by atoms with E-state index in [0.717, 1.165) is 17.7 Å². The van der Waals surface area contributed by atoms with Gasteiger partial charge in [0.2, 0.25) is 5.95 Å². The SMILES string of the molecule is CCn1c(N/N=C(\C)c2ccc3c(c2)CCC3)nc2ccccc2c1=O. The Morgan fingerprint density at radius 2 is 2.00 bits per heavy atom. The molecule has 1 aliphatic carbocycles. The van der Waals surface area contributed by atoms with Crippen molar-refractivity contribution in [3.63, 3.8) is 0 Å². The van der Waals surface area contributed by atoms with Gasteiger partial charge in [-0.1, -0.05) is 24.3 Å². The van der Waals surface area contributed by atoms with E-state index in [-0.39, 0.29) is 5.56 Å². The molecule has 0 saturated heterocycles. The minimum Gasteiger partial charge on any atom is -0.277 e. The average molecular weight is 346 g/mol. The van der Waals surface area contributed by atoms with Gasteiger partial charge in [0.25, 0.3) is 5.56 Å². The van der Waals surface area contributed by atoms with E-state index in [0.29, 0.717) is 23.4 Å². The normalized spacial score (nSPS) is 13.8. The van der Waals surface area contributed by atoms with Gasteiger partial charge in [-0.05, 0) is 68.0 Å². The molecule has 0 radical (unpaired) electrons. The van der Waals surface area contributed by atoms with E-state index in [9.17, 15) is 4.79 Å². The molecule has 5 nitrogen and oxygen atoms in total. The zero-order valence-corrected chi connectivity index (χ0v) is 15.1. The first-order valence-corrected chi connectivity index (χ1v) is 9.09. The summed E-state index contributed by atoms with van der Waals surface area (Å²) in [6, 6.07) is 13.9. The standard InChI is InChI=1S/C21H22N4O/c1-3-25-20(26)18-9-4-5-10-19(18)22-21(25)24-23-14(2)16-12-11-15-7-6-8-17(15)13-16/h4-5,9-13H,3,6-8H2,1-2H3,(H,22,24)/b23-14+. The molecule has 1 heterocycles. The van der Waals surface area contributed by atoms with Crippen LogP contribution in [0.1, 0.15) is 37.0 Å². The number of hydrogen-bond acceptors (Lipinski definition) is 4. The Balaban J connectivity index is 1.68. The lowest BCUT2D eigenvalue weighted by molar-refractivity contribution is 0.724. The van der Waals surface area contributed by atoms with E-state index in [2.05, 4.69) is 33.7 Å². The first kappa shape index (κ1) is 16.5. The van der Waals surface area contributed by atoms with E-state index in [1.165, 1.54) is 24.0 Å². The van der Waals surface area contributed by atoms with Gasteiger partial charge in [0.05, 0.1) is 16.6 Å². The van der Waals surface area contributed by atoms with Crippen LogP contribution < -0.4 is 11.0 Å². The van der Waals surface area contributed by atoms with Crippen molar-refractivity contribution >= 4 is 22.6 Å². The van der Waals surface area contributed by atoms with Crippen LogP contribution in [0.3, 0.4) is 0 Å². The monoisotopic (exact) mass is 346 g/mol. The van der Waals surface area contributed by atoms with Crippen molar-refractivity contribution < 1.29 is 0 Å². The van der Waals surface area contributed by atoms with Crippen LogP contribution >= 0.6 is 0 Å². The van der Waals surface area contributed by atoms with Gasteiger partial charge < -0.3 is 0 Å². The summed E-state index contributed by atoms with van der Waals surface area (Å²) in [5, 5.41) is 5.12. The van der Waals surface area contributed by atoms with Crippen molar-refractivity contribution in [2.75, 3.05) is 5.43 Å². The first-order chi connectivity index (χ1) is 12.7. The zero-order chi connectivity index (χ0) is 18.1. The number of hydrazone groups is 1. The van der Waals surface area contributed by atoms with Crippen molar-refractivity contribution in [2.45, 2.75) is 39.7 Å². The van der Waals surface area contributed by atoms with Gasteiger partial charge in [0.15, 0.2) is 0 Å². The van der Waals surface area contributed by atoms with Crippen molar-refractivity contribution in [1.82, 2.24) is 9.55 Å². The maximum absolute atomic E-state index is 12.7. The van der Waals surface area contributed by atoms with Crippen molar-refractivity contribution in [3.05, 3.63) is 69.5 Å². The number of aromatic nitrogens is 2. The van der Waals surface area contributed by atoms with Crippen molar-refractivity contribution in [2.24, 2.45) is 5.10 Å². The molecule has 0 saturated carbocycles. The molecule has 1 N–H and O–H groups in total. The number of hydrogen-bond donors (Lipinski definition) is 1. The number of nitrogens with zero attached hydrogens (tertiary/aromatic N) is 3. The van der Waals surface area contributed by atoms with E-state index in [4.69, 9.17) is 0 Å². The zero-order valence-electron chi connectivity index (χ0n) is 15.1. The van der Waals surface area contributed by atoms with E-state index < -0.39 is 0 Å². The van der Waals surface area contributed by atoms with Gasteiger partial charge in [-0.15, -0.1) is 0 Å². The molecule has 26 heavy (non-hydrogen) atoms. The van der Waals surface area contributed by atoms with Crippen molar-refractivity contribution in [1.29, 1.82) is 0 Å². The van der Waals surface area contributed by atoms with Crippen LogP contribution in [0.4, 0.5) is 5.95 Å². The fraction of sp³-hybridized carbons (Fsp3) is 0.286. The molecule has 0 atom stereocenters. The molecule has 0 unspecified atom stereocenters. The smallest absolute Gasteiger partial charge is 0.262 e. The minimum absolute atomic E-state index is 0.0500. The molecule has 4 rings (SSSR count). The van der Waals surface area contributed by atoms with Crippen LogP contribution in [0.25, 0.3) is 10.9 Å². The number of rotatable bonds is 4. The van der Waals surface area contributed by atoms with Crippen LogP contribution in [0, 0.1) is 0 Å². The lowest BCUT2D eigenvalue weighted by atomic mass is 10.0. The summed E-state index contributed by atoms with van der Waals surface area (Å²) in [4.78, 5) is 17.2. The third-order valence-corrected chi connectivity index (χ3v) is 5.02. The Morgan fingerprint density at radius 3 is 2.85 bits per heavy atom. The Labute approximate surface area is 152 Å². The fourth-order valence-corrected chi connectivity index (χ4v) is 3.54. The third kappa shape index (κ3) is 2.90. The molecule has 0 fully saturated rings.